The fourth-order valence-corrected chi connectivity index (χ4v) is 1.44. The number of hydrogen-bond acceptors (Lipinski definition) is 1. The smallest absolute Gasteiger partial charge is 0.127 e. The van der Waals surface area contributed by atoms with E-state index in [4.69, 9.17) is 16.3 Å². The van der Waals surface area contributed by atoms with E-state index in [1.54, 1.807) is 18.2 Å². The van der Waals surface area contributed by atoms with E-state index >= 15 is 0 Å². The van der Waals surface area contributed by atoms with Crippen molar-refractivity contribution in [3.05, 3.63) is 65.7 Å². The molecule has 0 saturated carbocycles. The Morgan fingerprint density at radius 2 is 1.38 bits per heavy atom. The fourth-order valence-electron chi connectivity index (χ4n) is 1.31. The van der Waals surface area contributed by atoms with Crippen molar-refractivity contribution in [1.29, 1.82) is 0 Å². The normalized spacial score (nSPS) is 9.81. The van der Waals surface area contributed by atoms with Crippen LogP contribution in [0.5, 0.6) is 11.5 Å². The Kier molecular flexibility index (Phi) is 3.28. The second kappa shape index (κ2) is 4.86. The van der Waals surface area contributed by atoms with Crippen molar-refractivity contribution in [1.82, 2.24) is 0 Å². The monoisotopic (exact) mass is 230 g/mol. The Labute approximate surface area is 99.9 Å². The molecule has 2 heteroatoms. The van der Waals surface area contributed by atoms with E-state index in [1.165, 1.54) is 0 Å². The second-order valence-electron chi connectivity index (χ2n) is 3.33. The van der Waals surface area contributed by atoms with Crippen LogP contribution in [0.4, 0.5) is 0 Å². The van der Waals surface area contributed by atoms with E-state index in [2.05, 4.69) is 6.58 Å². The van der Waals surface area contributed by atoms with Crippen LogP contribution in [0.25, 0.3) is 6.08 Å². The van der Waals surface area contributed by atoms with Crippen LogP contribution in [0.3, 0.4) is 0 Å². The molecule has 0 bridgehead atoms. The van der Waals surface area contributed by atoms with Crippen LogP contribution >= 0.6 is 11.6 Å². The SMILES string of the molecule is C=Cc1ccc(Oc2ccc(Cl)cc2)cc1. The van der Waals surface area contributed by atoms with Gasteiger partial charge in [0.15, 0.2) is 0 Å². The second-order valence-corrected chi connectivity index (χ2v) is 3.77. The molecule has 0 radical (unpaired) electrons. The standard InChI is InChI=1S/C14H11ClO/c1-2-11-3-7-13(8-4-11)16-14-9-5-12(15)6-10-14/h2-10H,1H2. The predicted octanol–water partition coefficient (Wildman–Crippen LogP) is 4.78. The van der Waals surface area contributed by atoms with Crippen molar-refractivity contribution >= 4 is 17.7 Å². The van der Waals surface area contributed by atoms with Crippen molar-refractivity contribution in [2.75, 3.05) is 0 Å². The molecule has 2 rings (SSSR count). The maximum absolute atomic E-state index is 5.79. The summed E-state index contributed by atoms with van der Waals surface area (Å²) < 4.78 is 5.64. The van der Waals surface area contributed by atoms with Crippen molar-refractivity contribution in [2.45, 2.75) is 0 Å². The van der Waals surface area contributed by atoms with Gasteiger partial charge in [0.25, 0.3) is 0 Å². The van der Waals surface area contributed by atoms with Gasteiger partial charge in [-0.2, -0.15) is 0 Å². The zero-order valence-electron chi connectivity index (χ0n) is 8.69. The highest BCUT2D eigenvalue weighted by Crippen LogP contribution is 2.23. The van der Waals surface area contributed by atoms with Crippen molar-refractivity contribution in [2.24, 2.45) is 0 Å². The number of rotatable bonds is 3. The quantitative estimate of drug-likeness (QED) is 0.738. The predicted molar refractivity (Wildman–Crippen MR) is 68.1 cm³/mol. The lowest BCUT2D eigenvalue weighted by Gasteiger charge is -2.05. The molecule has 0 aromatic heterocycles. The van der Waals surface area contributed by atoms with Crippen LogP contribution in [0.15, 0.2) is 55.1 Å². The maximum atomic E-state index is 5.79. The lowest BCUT2D eigenvalue weighted by Crippen LogP contribution is -1.83. The molecular weight excluding hydrogens is 220 g/mol. The van der Waals surface area contributed by atoms with Crippen molar-refractivity contribution < 1.29 is 4.74 Å². The summed E-state index contributed by atoms with van der Waals surface area (Å²) in [6, 6.07) is 15.0. The Bertz CT molecular complexity index is 471. The van der Waals surface area contributed by atoms with Crippen molar-refractivity contribution in [3.63, 3.8) is 0 Å². The summed E-state index contributed by atoms with van der Waals surface area (Å²) in [5.41, 5.74) is 1.07. The molecule has 0 atom stereocenters. The zero-order chi connectivity index (χ0) is 11.4. The molecule has 0 fully saturated rings. The highest BCUT2D eigenvalue weighted by molar-refractivity contribution is 6.30. The van der Waals surface area contributed by atoms with Crippen LogP contribution in [0.2, 0.25) is 5.02 Å². The van der Waals surface area contributed by atoms with Gasteiger partial charge in [-0.3, -0.25) is 0 Å². The average molecular weight is 231 g/mol. The molecule has 1 nitrogen and oxygen atoms in total. The lowest BCUT2D eigenvalue weighted by molar-refractivity contribution is 0.482. The van der Waals surface area contributed by atoms with Crippen molar-refractivity contribution in [3.8, 4) is 11.5 Å². The van der Waals surface area contributed by atoms with Gasteiger partial charge in [-0.1, -0.05) is 36.4 Å². The Morgan fingerprint density at radius 3 is 1.88 bits per heavy atom. The highest BCUT2D eigenvalue weighted by Gasteiger charge is 1.96. The number of benzene rings is 2. The van der Waals surface area contributed by atoms with Gasteiger partial charge < -0.3 is 4.74 Å². The maximum Gasteiger partial charge on any atom is 0.127 e. The summed E-state index contributed by atoms with van der Waals surface area (Å²) in [4.78, 5) is 0. The van der Waals surface area contributed by atoms with Gasteiger partial charge in [0.2, 0.25) is 0 Å². The van der Waals surface area contributed by atoms with Crippen LogP contribution in [0, 0.1) is 0 Å². The average Bonchev–Trinajstić information content (AvgIpc) is 2.33. The van der Waals surface area contributed by atoms with E-state index in [0.717, 1.165) is 17.1 Å². The van der Waals surface area contributed by atoms with Gasteiger partial charge in [0.05, 0.1) is 0 Å². The first-order chi connectivity index (χ1) is 7.78. The first-order valence-corrected chi connectivity index (χ1v) is 5.31. The summed E-state index contributed by atoms with van der Waals surface area (Å²) in [6.45, 7) is 3.70. The molecule has 0 aliphatic heterocycles. The van der Waals surface area contributed by atoms with Gasteiger partial charge in [0, 0.05) is 5.02 Å². The minimum Gasteiger partial charge on any atom is -0.457 e. The molecule has 0 heterocycles. The number of hydrogen-bond donors (Lipinski definition) is 0. The molecule has 0 N–H and O–H groups in total. The molecule has 0 saturated heterocycles. The number of ether oxygens (including phenoxy) is 1. The van der Waals surface area contributed by atoms with E-state index in [0.29, 0.717) is 5.02 Å². The molecule has 0 spiro atoms. The van der Waals surface area contributed by atoms with E-state index < -0.39 is 0 Å². The van der Waals surface area contributed by atoms with Crippen LogP contribution in [-0.2, 0) is 0 Å². The Balaban J connectivity index is 2.14. The van der Waals surface area contributed by atoms with Gasteiger partial charge in [-0.25, -0.2) is 0 Å². The minimum atomic E-state index is 0.703. The molecule has 16 heavy (non-hydrogen) atoms. The van der Waals surface area contributed by atoms with Gasteiger partial charge in [-0.15, -0.1) is 0 Å². The van der Waals surface area contributed by atoms with E-state index in [-0.39, 0.29) is 0 Å². The summed E-state index contributed by atoms with van der Waals surface area (Å²) in [5, 5.41) is 0.703. The largest absolute Gasteiger partial charge is 0.457 e. The summed E-state index contributed by atoms with van der Waals surface area (Å²) >= 11 is 5.79. The molecule has 0 amide bonds. The third-order valence-electron chi connectivity index (χ3n) is 2.17. The first kappa shape index (κ1) is 10.8. The highest BCUT2D eigenvalue weighted by atomic mass is 35.5. The Hall–Kier alpha value is -1.73. The van der Waals surface area contributed by atoms with Gasteiger partial charge >= 0.3 is 0 Å². The zero-order valence-corrected chi connectivity index (χ0v) is 9.45. The third kappa shape index (κ3) is 2.65. The first-order valence-electron chi connectivity index (χ1n) is 4.94. The van der Waals surface area contributed by atoms with Gasteiger partial charge in [0.1, 0.15) is 11.5 Å². The number of halogens is 1. The molecule has 0 aliphatic rings. The summed E-state index contributed by atoms with van der Waals surface area (Å²) in [6.07, 6.45) is 1.80. The topological polar surface area (TPSA) is 9.23 Å². The minimum absolute atomic E-state index is 0.703. The van der Waals surface area contributed by atoms with Gasteiger partial charge in [-0.05, 0) is 42.0 Å². The summed E-state index contributed by atoms with van der Waals surface area (Å²) in [5.74, 6) is 1.57. The van der Waals surface area contributed by atoms with Crippen LogP contribution in [0.1, 0.15) is 5.56 Å². The van der Waals surface area contributed by atoms with E-state index in [1.807, 2.05) is 36.4 Å². The van der Waals surface area contributed by atoms with Crippen LogP contribution < -0.4 is 4.74 Å². The Morgan fingerprint density at radius 1 is 0.875 bits per heavy atom. The molecule has 80 valence electrons. The molecule has 2 aromatic carbocycles. The lowest BCUT2D eigenvalue weighted by atomic mass is 10.2. The molecule has 0 unspecified atom stereocenters. The van der Waals surface area contributed by atoms with E-state index in [9.17, 15) is 0 Å². The fraction of sp³-hybridized carbons (Fsp3) is 0. The third-order valence-corrected chi connectivity index (χ3v) is 2.42. The summed E-state index contributed by atoms with van der Waals surface area (Å²) in [7, 11) is 0. The molecular formula is C14H11ClO. The molecule has 0 aliphatic carbocycles. The van der Waals surface area contributed by atoms with Crippen LogP contribution in [-0.4, -0.2) is 0 Å². The molecule has 2 aromatic rings.